The van der Waals surface area contributed by atoms with E-state index in [1.807, 2.05) is 6.07 Å². The fourth-order valence-electron chi connectivity index (χ4n) is 1.16. The molecule has 7 heteroatoms. The molecule has 0 amide bonds. The van der Waals surface area contributed by atoms with E-state index in [0.717, 1.165) is 0 Å². The molecule has 0 unspecified atom stereocenters. The number of rotatable bonds is 3. The van der Waals surface area contributed by atoms with Crippen LogP contribution in [-0.2, 0) is 0 Å². The predicted molar refractivity (Wildman–Crippen MR) is 39.4 cm³/mol. The van der Waals surface area contributed by atoms with Gasteiger partial charge in [0.1, 0.15) is 0 Å². The Morgan fingerprint density at radius 1 is 1.38 bits per heavy atom. The molecule has 0 bridgehead atoms. The quantitative estimate of drug-likeness (QED) is 0.525. The summed E-state index contributed by atoms with van der Waals surface area (Å²) in [6.45, 7) is -3.59. The number of nitrogens with zero attached hydrogens (tertiary/aromatic N) is 2. The SMILES string of the molecule is N#CC1CN(CC[B-](F)(F)F)C1.[K+]. The number of likely N-dealkylation sites (tertiary alicyclic amines) is 1. The summed E-state index contributed by atoms with van der Waals surface area (Å²) < 4.78 is 35.2. The van der Waals surface area contributed by atoms with Crippen molar-refractivity contribution in [2.75, 3.05) is 19.6 Å². The summed E-state index contributed by atoms with van der Waals surface area (Å²) in [5.41, 5.74) is 0. The van der Waals surface area contributed by atoms with Crippen molar-refractivity contribution in [1.29, 1.82) is 5.26 Å². The summed E-state index contributed by atoms with van der Waals surface area (Å²) in [5.74, 6) is -0.0502. The summed E-state index contributed by atoms with van der Waals surface area (Å²) >= 11 is 0. The topological polar surface area (TPSA) is 27.0 Å². The molecule has 0 atom stereocenters. The minimum atomic E-state index is -4.65. The van der Waals surface area contributed by atoms with Gasteiger partial charge < -0.3 is 17.8 Å². The van der Waals surface area contributed by atoms with Gasteiger partial charge in [0.2, 0.25) is 0 Å². The van der Waals surface area contributed by atoms with Crippen LogP contribution >= 0.6 is 0 Å². The molecule has 0 aromatic carbocycles. The molecular weight excluding hydrogens is 207 g/mol. The van der Waals surface area contributed by atoms with Crippen LogP contribution in [0.5, 0.6) is 0 Å². The van der Waals surface area contributed by atoms with E-state index in [1.54, 1.807) is 4.90 Å². The van der Waals surface area contributed by atoms with Crippen LogP contribution in [0.2, 0.25) is 6.32 Å². The van der Waals surface area contributed by atoms with E-state index in [9.17, 15) is 12.9 Å². The fraction of sp³-hybridized carbons (Fsp3) is 0.833. The first kappa shape index (κ1) is 13.9. The van der Waals surface area contributed by atoms with Gasteiger partial charge in [0, 0.05) is 13.1 Å². The van der Waals surface area contributed by atoms with E-state index < -0.39 is 13.3 Å². The summed E-state index contributed by atoms with van der Waals surface area (Å²) in [6.07, 6.45) is -0.710. The van der Waals surface area contributed by atoms with Gasteiger partial charge in [-0.2, -0.15) is 5.26 Å². The van der Waals surface area contributed by atoms with Gasteiger partial charge in [-0.15, -0.1) is 0 Å². The Kier molecular flexibility index (Phi) is 6.15. The normalized spacial score (nSPS) is 18.6. The second kappa shape index (κ2) is 5.73. The van der Waals surface area contributed by atoms with Crippen LogP contribution in [0.4, 0.5) is 12.9 Å². The molecule has 1 saturated heterocycles. The van der Waals surface area contributed by atoms with Crippen molar-refractivity contribution < 1.29 is 64.3 Å². The maximum Gasteiger partial charge on any atom is 1.00 e. The molecule has 0 spiro atoms. The summed E-state index contributed by atoms with van der Waals surface area (Å²) in [5, 5.41) is 8.34. The van der Waals surface area contributed by atoms with Crippen LogP contribution in [0.15, 0.2) is 0 Å². The van der Waals surface area contributed by atoms with Gasteiger partial charge in [0.25, 0.3) is 0 Å². The fourth-order valence-corrected chi connectivity index (χ4v) is 1.16. The average molecular weight is 216 g/mol. The van der Waals surface area contributed by atoms with Gasteiger partial charge in [0.05, 0.1) is 12.0 Å². The minimum Gasteiger partial charge on any atom is -0.449 e. The first-order valence-electron chi connectivity index (χ1n) is 3.84. The number of halogens is 3. The molecule has 13 heavy (non-hydrogen) atoms. The molecule has 1 aliphatic heterocycles. The Bertz CT molecular complexity index is 197. The maximum absolute atomic E-state index is 11.7. The molecule has 0 saturated carbocycles. The number of nitriles is 1. The second-order valence-corrected chi connectivity index (χ2v) is 3.08. The maximum atomic E-state index is 11.7. The monoisotopic (exact) mass is 216 g/mol. The van der Waals surface area contributed by atoms with E-state index in [4.69, 9.17) is 5.26 Å². The molecular formula is C6H9BF3KN2. The zero-order valence-electron chi connectivity index (χ0n) is 7.51. The molecule has 0 aromatic rings. The van der Waals surface area contributed by atoms with Crippen molar-refractivity contribution in [2.24, 2.45) is 5.92 Å². The molecule has 0 N–H and O–H groups in total. The van der Waals surface area contributed by atoms with Crippen LogP contribution in [-0.4, -0.2) is 31.5 Å². The first-order valence-corrected chi connectivity index (χ1v) is 3.84. The van der Waals surface area contributed by atoms with E-state index >= 15 is 0 Å². The Labute approximate surface area is 118 Å². The Balaban J connectivity index is 0.00000144. The predicted octanol–water partition coefficient (Wildman–Crippen LogP) is -1.71. The molecule has 1 heterocycles. The first-order chi connectivity index (χ1) is 5.51. The standard InChI is InChI=1S/C6H9BF3N2.K/c8-7(9,10)1-2-12-4-6(3-11)5-12;/h6H,1-2,4-5H2;/q-1;+1. The molecule has 0 radical (unpaired) electrons. The van der Waals surface area contributed by atoms with E-state index in [0.29, 0.717) is 13.1 Å². The Hall–Kier alpha value is 0.941. The van der Waals surface area contributed by atoms with Crippen molar-refractivity contribution in [2.45, 2.75) is 6.32 Å². The van der Waals surface area contributed by atoms with Crippen LogP contribution in [0.25, 0.3) is 0 Å². The number of hydrogen-bond donors (Lipinski definition) is 0. The number of hydrogen-bond acceptors (Lipinski definition) is 2. The van der Waals surface area contributed by atoms with Gasteiger partial charge in [-0.1, -0.05) is 6.32 Å². The van der Waals surface area contributed by atoms with E-state index in [-0.39, 0.29) is 63.8 Å². The smallest absolute Gasteiger partial charge is 0.449 e. The minimum absolute atomic E-state index is 0. The van der Waals surface area contributed by atoms with Crippen molar-refractivity contribution in [3.8, 4) is 6.07 Å². The van der Waals surface area contributed by atoms with Gasteiger partial charge in [0.15, 0.2) is 0 Å². The van der Waals surface area contributed by atoms with Crippen molar-refractivity contribution >= 4 is 6.98 Å². The molecule has 0 aromatic heterocycles. The third kappa shape index (κ3) is 5.40. The molecule has 1 rings (SSSR count). The van der Waals surface area contributed by atoms with E-state index in [2.05, 4.69) is 0 Å². The molecule has 0 aliphatic carbocycles. The summed E-state index contributed by atoms with van der Waals surface area (Å²) in [4.78, 5) is 1.66. The van der Waals surface area contributed by atoms with E-state index in [1.165, 1.54) is 0 Å². The molecule has 68 valence electrons. The van der Waals surface area contributed by atoms with Gasteiger partial charge in [-0.05, 0) is 6.54 Å². The van der Waals surface area contributed by atoms with Crippen LogP contribution < -0.4 is 51.4 Å². The largest absolute Gasteiger partial charge is 1.00 e. The van der Waals surface area contributed by atoms with Gasteiger partial charge in [-0.25, -0.2) is 0 Å². The van der Waals surface area contributed by atoms with Crippen LogP contribution in [0.3, 0.4) is 0 Å². The third-order valence-electron chi connectivity index (χ3n) is 1.91. The van der Waals surface area contributed by atoms with Crippen molar-refractivity contribution in [1.82, 2.24) is 4.90 Å². The summed E-state index contributed by atoms with van der Waals surface area (Å²) in [7, 11) is 0. The van der Waals surface area contributed by atoms with Crippen LogP contribution in [0.1, 0.15) is 0 Å². The zero-order chi connectivity index (χ0) is 9.19. The average Bonchev–Trinajstić information content (AvgIpc) is 1.82. The van der Waals surface area contributed by atoms with Gasteiger partial charge >= 0.3 is 58.4 Å². The molecule has 2 nitrogen and oxygen atoms in total. The third-order valence-corrected chi connectivity index (χ3v) is 1.91. The zero-order valence-corrected chi connectivity index (χ0v) is 10.6. The van der Waals surface area contributed by atoms with Crippen LogP contribution in [0, 0.1) is 17.2 Å². The molecule has 1 aliphatic rings. The van der Waals surface area contributed by atoms with Crippen molar-refractivity contribution in [3.05, 3.63) is 0 Å². The molecule has 1 fully saturated rings. The Morgan fingerprint density at radius 3 is 2.31 bits per heavy atom. The van der Waals surface area contributed by atoms with Gasteiger partial charge in [-0.3, -0.25) is 0 Å². The Morgan fingerprint density at radius 2 is 1.92 bits per heavy atom. The summed E-state index contributed by atoms with van der Waals surface area (Å²) in [6, 6.07) is 2.01. The second-order valence-electron chi connectivity index (χ2n) is 3.08. The van der Waals surface area contributed by atoms with Crippen molar-refractivity contribution in [3.63, 3.8) is 0 Å².